The van der Waals surface area contributed by atoms with Gasteiger partial charge >= 0.3 is 0 Å². The Morgan fingerprint density at radius 3 is 2.20 bits per heavy atom. The van der Waals surface area contributed by atoms with Crippen molar-refractivity contribution in [2.45, 2.75) is 45.1 Å². The third-order valence-corrected chi connectivity index (χ3v) is 10.2. The molecule has 1 heterocycles. The first-order valence-corrected chi connectivity index (χ1v) is 17.5. The van der Waals surface area contributed by atoms with Crippen LogP contribution in [0, 0.1) is 20.8 Å². The molecule has 45 heavy (non-hydrogen) atoms. The highest BCUT2D eigenvalue weighted by Gasteiger charge is 2.28. The standard InChI is InChI=1S/C33H38N4O6S2/c1-23-19-24(2)31(25(3)20-23)45(41,42)43-18-17-37(44(6,39)40)30-22-36(34)16-15-29(30)26-11-10-12-27(21-26)32(38)35-33(4,5)28-13-8-7-9-14-28/h7-16,19-22H,17-18,34H2,1-6H3/p+1. The lowest BCUT2D eigenvalue weighted by atomic mass is 9.93. The first-order chi connectivity index (χ1) is 21.0. The van der Waals surface area contributed by atoms with Crippen LogP contribution in [0.25, 0.3) is 11.1 Å². The van der Waals surface area contributed by atoms with E-state index >= 15 is 0 Å². The number of nitrogens with zero attached hydrogens (tertiary/aromatic N) is 2. The summed E-state index contributed by atoms with van der Waals surface area (Å²) < 4.78 is 60.0. The summed E-state index contributed by atoms with van der Waals surface area (Å²) in [6, 6.07) is 21.5. The van der Waals surface area contributed by atoms with Crippen molar-refractivity contribution in [1.82, 2.24) is 5.32 Å². The Morgan fingerprint density at radius 2 is 1.58 bits per heavy atom. The molecule has 0 atom stereocenters. The maximum atomic E-state index is 13.4. The van der Waals surface area contributed by atoms with Gasteiger partial charge < -0.3 is 5.32 Å². The SMILES string of the molecule is Cc1cc(C)c(S(=O)(=O)OCCN(c2c[n+](N)ccc2-c2cccc(C(=O)NC(C)(C)c3ccccc3)c2)S(C)(=O)=O)c(C)c1. The number of nitrogen functional groups attached to an aromatic ring is 1. The fourth-order valence-electron chi connectivity index (χ4n) is 5.37. The number of hydrogen-bond acceptors (Lipinski definition) is 7. The van der Waals surface area contributed by atoms with Crippen LogP contribution >= 0.6 is 0 Å². The van der Waals surface area contributed by atoms with Crippen molar-refractivity contribution >= 4 is 31.7 Å². The van der Waals surface area contributed by atoms with E-state index in [4.69, 9.17) is 10.0 Å². The summed E-state index contributed by atoms with van der Waals surface area (Å²) >= 11 is 0. The maximum absolute atomic E-state index is 13.4. The molecule has 1 aromatic heterocycles. The van der Waals surface area contributed by atoms with Gasteiger partial charge in [-0.15, -0.1) is 0 Å². The summed E-state index contributed by atoms with van der Waals surface area (Å²) in [5.41, 5.74) is 3.87. The van der Waals surface area contributed by atoms with Gasteiger partial charge in [0.05, 0.1) is 29.8 Å². The molecule has 12 heteroatoms. The first kappa shape index (κ1) is 33.6. The number of carbonyl (C=O) groups is 1. The molecule has 0 radical (unpaired) electrons. The number of carbonyl (C=O) groups excluding carboxylic acids is 1. The molecule has 4 aromatic rings. The van der Waals surface area contributed by atoms with E-state index in [-0.39, 0.29) is 23.0 Å². The Balaban J connectivity index is 1.64. The van der Waals surface area contributed by atoms with E-state index in [1.807, 2.05) is 51.1 Å². The van der Waals surface area contributed by atoms with Gasteiger partial charge in [-0.2, -0.15) is 8.42 Å². The Morgan fingerprint density at radius 1 is 0.933 bits per heavy atom. The minimum atomic E-state index is -4.18. The van der Waals surface area contributed by atoms with Crippen LogP contribution < -0.4 is 20.1 Å². The smallest absolute Gasteiger partial charge is 0.297 e. The lowest BCUT2D eigenvalue weighted by Crippen LogP contribution is -2.45. The second kappa shape index (κ2) is 13.0. The van der Waals surface area contributed by atoms with Crippen LogP contribution in [-0.4, -0.2) is 42.2 Å². The number of nitrogens with one attached hydrogen (secondary N) is 1. The van der Waals surface area contributed by atoms with E-state index in [1.165, 1.54) is 10.9 Å². The zero-order valence-corrected chi connectivity index (χ0v) is 27.9. The van der Waals surface area contributed by atoms with Crippen molar-refractivity contribution in [3.05, 3.63) is 113 Å². The van der Waals surface area contributed by atoms with Gasteiger partial charge in [0, 0.05) is 17.2 Å². The lowest BCUT2D eigenvalue weighted by molar-refractivity contribution is -0.638. The van der Waals surface area contributed by atoms with Crippen molar-refractivity contribution in [2.24, 2.45) is 0 Å². The quantitative estimate of drug-likeness (QED) is 0.141. The molecule has 238 valence electrons. The van der Waals surface area contributed by atoms with Crippen molar-refractivity contribution in [1.29, 1.82) is 0 Å². The normalized spacial score (nSPS) is 12.1. The van der Waals surface area contributed by atoms with Gasteiger partial charge in [-0.25, -0.2) is 14.3 Å². The van der Waals surface area contributed by atoms with Crippen molar-refractivity contribution < 1.29 is 30.5 Å². The summed E-state index contributed by atoms with van der Waals surface area (Å²) in [5.74, 6) is 5.70. The molecule has 3 N–H and O–H groups in total. The number of hydrogen-bond donors (Lipinski definition) is 2. The van der Waals surface area contributed by atoms with Gasteiger partial charge in [0.25, 0.3) is 16.0 Å². The molecule has 10 nitrogen and oxygen atoms in total. The number of aryl methyl sites for hydroxylation is 3. The minimum Gasteiger partial charge on any atom is -0.343 e. The Kier molecular flexibility index (Phi) is 9.71. The van der Waals surface area contributed by atoms with Crippen LogP contribution in [0.5, 0.6) is 0 Å². The molecule has 0 saturated carbocycles. The second-order valence-corrected chi connectivity index (χ2v) is 15.0. The largest absolute Gasteiger partial charge is 0.343 e. The molecular formula is C33H39N4O6S2+. The molecule has 0 aliphatic heterocycles. The van der Waals surface area contributed by atoms with Crippen LogP contribution in [0.3, 0.4) is 0 Å². The van der Waals surface area contributed by atoms with Crippen LogP contribution in [0.15, 0.2) is 90.1 Å². The number of nitrogens with two attached hydrogens (primary N) is 1. The summed E-state index contributed by atoms with van der Waals surface area (Å²) in [6.07, 6.45) is 3.99. The second-order valence-electron chi connectivity index (χ2n) is 11.6. The molecular weight excluding hydrogens is 613 g/mol. The Labute approximate surface area is 265 Å². The molecule has 0 saturated heterocycles. The monoisotopic (exact) mass is 651 g/mol. The highest BCUT2D eigenvalue weighted by atomic mass is 32.2. The fraction of sp³-hybridized carbons (Fsp3) is 0.273. The maximum Gasteiger partial charge on any atom is 0.297 e. The zero-order chi connectivity index (χ0) is 33.2. The Bertz CT molecular complexity index is 1920. The lowest BCUT2D eigenvalue weighted by Gasteiger charge is -2.27. The van der Waals surface area contributed by atoms with Crippen molar-refractivity contribution in [2.75, 3.05) is 29.6 Å². The number of pyridine rings is 1. The average molecular weight is 652 g/mol. The van der Waals surface area contributed by atoms with Gasteiger partial charge in [0.1, 0.15) is 5.69 Å². The molecule has 3 aromatic carbocycles. The first-order valence-electron chi connectivity index (χ1n) is 14.2. The number of aromatic nitrogens is 1. The van der Waals surface area contributed by atoms with E-state index in [0.717, 1.165) is 21.7 Å². The van der Waals surface area contributed by atoms with E-state index in [0.29, 0.717) is 27.8 Å². The molecule has 0 bridgehead atoms. The van der Waals surface area contributed by atoms with Crippen LogP contribution in [0.2, 0.25) is 0 Å². The Hall–Kier alpha value is -4.26. The average Bonchev–Trinajstić information content (AvgIpc) is 2.94. The van der Waals surface area contributed by atoms with E-state index < -0.39 is 32.3 Å². The molecule has 0 unspecified atom stereocenters. The molecule has 4 rings (SSSR count). The third-order valence-electron chi connectivity index (χ3n) is 7.37. The molecule has 0 aliphatic rings. The van der Waals surface area contributed by atoms with Crippen molar-refractivity contribution in [3.8, 4) is 11.1 Å². The van der Waals surface area contributed by atoms with E-state index in [2.05, 4.69) is 5.32 Å². The molecule has 0 spiro atoms. The van der Waals surface area contributed by atoms with Crippen LogP contribution in [-0.2, 0) is 29.9 Å². The number of anilines is 1. The summed E-state index contributed by atoms with van der Waals surface area (Å²) in [5, 5.41) is 3.06. The number of sulfonamides is 1. The van der Waals surface area contributed by atoms with Crippen LogP contribution in [0.1, 0.15) is 46.5 Å². The molecule has 0 aliphatic carbocycles. The highest BCUT2D eigenvalue weighted by molar-refractivity contribution is 7.92. The molecule has 0 fully saturated rings. The fourth-order valence-corrected chi connectivity index (χ4v) is 7.60. The summed E-state index contributed by atoms with van der Waals surface area (Å²) in [6.45, 7) is 8.30. The number of amides is 1. The number of rotatable bonds is 11. The van der Waals surface area contributed by atoms with Gasteiger partial charge in [-0.1, -0.05) is 64.8 Å². The summed E-state index contributed by atoms with van der Waals surface area (Å²) in [7, 11) is -8.12. The van der Waals surface area contributed by atoms with Gasteiger partial charge in [0.15, 0.2) is 6.20 Å². The third kappa shape index (κ3) is 7.88. The minimum absolute atomic E-state index is 0.0599. The molecule has 1 amide bonds. The van der Waals surface area contributed by atoms with E-state index in [9.17, 15) is 21.6 Å². The van der Waals surface area contributed by atoms with Gasteiger partial charge in [0.2, 0.25) is 16.2 Å². The highest BCUT2D eigenvalue weighted by Crippen LogP contribution is 2.32. The van der Waals surface area contributed by atoms with E-state index in [1.54, 1.807) is 62.5 Å². The predicted octanol–water partition coefficient (Wildman–Crippen LogP) is 4.12. The number of benzene rings is 3. The zero-order valence-electron chi connectivity index (χ0n) is 26.2. The van der Waals surface area contributed by atoms with Gasteiger partial charge in [-0.05, 0) is 69.0 Å². The summed E-state index contributed by atoms with van der Waals surface area (Å²) in [4.78, 5) is 13.4. The van der Waals surface area contributed by atoms with Gasteiger partial charge in [-0.3, -0.25) is 13.3 Å². The van der Waals surface area contributed by atoms with Crippen molar-refractivity contribution in [3.63, 3.8) is 0 Å². The van der Waals surface area contributed by atoms with Crippen LogP contribution in [0.4, 0.5) is 5.69 Å². The predicted molar refractivity (Wildman–Crippen MR) is 175 cm³/mol. The topological polar surface area (TPSA) is 140 Å².